The van der Waals surface area contributed by atoms with E-state index in [1.165, 1.54) is 7.11 Å². The van der Waals surface area contributed by atoms with E-state index in [4.69, 9.17) is 14.0 Å². The second-order valence-electron chi connectivity index (χ2n) is 6.79. The van der Waals surface area contributed by atoms with Crippen LogP contribution in [0.15, 0.2) is 23.9 Å². The molecule has 1 aliphatic heterocycles. The molecule has 1 aromatic heterocycles. The fraction of sp³-hybridized carbons (Fsp3) is 0.529. The summed E-state index contributed by atoms with van der Waals surface area (Å²) in [7, 11) is 2.72. The van der Waals surface area contributed by atoms with E-state index in [1.807, 2.05) is 40.8 Å². The average molecular weight is 332 g/mol. The van der Waals surface area contributed by atoms with Gasteiger partial charge < -0.3 is 19.4 Å². The van der Waals surface area contributed by atoms with E-state index in [0.29, 0.717) is 17.7 Å². The Labute approximate surface area is 143 Å². The van der Waals surface area contributed by atoms with Gasteiger partial charge in [0.25, 0.3) is 0 Å². The molecule has 0 atom stereocenters. The number of carbonyl (C=O) groups is 1. The maximum atomic E-state index is 11.9. The van der Waals surface area contributed by atoms with Crippen molar-refractivity contribution in [2.24, 2.45) is 0 Å². The number of rotatable bonds is 5. The van der Waals surface area contributed by atoms with Gasteiger partial charge >= 0.3 is 13.1 Å². The fourth-order valence-corrected chi connectivity index (χ4v) is 2.42. The molecule has 1 N–H and O–H groups in total. The van der Waals surface area contributed by atoms with Gasteiger partial charge in [0.15, 0.2) is 0 Å². The number of likely N-dealkylation sites (N-methyl/N-ethyl adjacent to an activating group) is 1. The highest BCUT2D eigenvalue weighted by Crippen LogP contribution is 2.38. The van der Waals surface area contributed by atoms with Crippen LogP contribution in [0.3, 0.4) is 0 Å². The van der Waals surface area contributed by atoms with E-state index in [9.17, 15) is 4.79 Å². The Morgan fingerprint density at radius 3 is 2.50 bits per heavy atom. The molecular weight excluding hydrogens is 307 g/mol. The summed E-state index contributed by atoms with van der Waals surface area (Å²) in [5.41, 5.74) is 1.16. The van der Waals surface area contributed by atoms with E-state index >= 15 is 0 Å². The first-order valence-electron chi connectivity index (χ1n) is 7.95. The fourth-order valence-electron chi connectivity index (χ4n) is 2.42. The quantitative estimate of drug-likeness (QED) is 0.658. The van der Waals surface area contributed by atoms with Crippen LogP contribution in [0.2, 0.25) is 0 Å². The topological polar surface area (TPSA) is 69.7 Å². The monoisotopic (exact) mass is 332 g/mol. The van der Waals surface area contributed by atoms with Crippen molar-refractivity contribution in [1.82, 2.24) is 10.3 Å². The first kappa shape index (κ1) is 18.6. The lowest BCUT2D eigenvalue weighted by molar-refractivity contribution is 0.00578. The van der Waals surface area contributed by atoms with Gasteiger partial charge in [-0.2, -0.15) is 0 Å². The molecule has 0 spiro atoms. The van der Waals surface area contributed by atoms with Crippen LogP contribution >= 0.6 is 0 Å². The van der Waals surface area contributed by atoms with Crippen LogP contribution in [0.4, 0.5) is 0 Å². The van der Waals surface area contributed by atoms with Crippen molar-refractivity contribution in [2.75, 3.05) is 20.7 Å². The Morgan fingerprint density at radius 1 is 1.33 bits per heavy atom. The molecule has 0 saturated carbocycles. The first-order valence-corrected chi connectivity index (χ1v) is 7.95. The van der Waals surface area contributed by atoms with E-state index in [0.717, 1.165) is 5.47 Å². The molecule has 2 rings (SSSR count). The van der Waals surface area contributed by atoms with Gasteiger partial charge in [0.05, 0.1) is 23.9 Å². The van der Waals surface area contributed by atoms with Crippen molar-refractivity contribution in [3.05, 3.63) is 35.1 Å². The molecule has 0 radical (unpaired) electrons. The van der Waals surface area contributed by atoms with Crippen molar-refractivity contribution in [3.63, 3.8) is 0 Å². The highest BCUT2D eigenvalue weighted by atomic mass is 16.7. The molecule has 0 unspecified atom stereocenters. The Morgan fingerprint density at radius 2 is 1.96 bits per heavy atom. The van der Waals surface area contributed by atoms with Crippen molar-refractivity contribution in [2.45, 2.75) is 38.9 Å². The predicted molar refractivity (Wildman–Crippen MR) is 93.6 cm³/mol. The number of hydrogen-bond acceptors (Lipinski definition) is 6. The number of nitrogens with one attached hydrogen (secondary N) is 1. The van der Waals surface area contributed by atoms with Crippen LogP contribution in [0.5, 0.6) is 0 Å². The molecule has 0 bridgehead atoms. The molecule has 0 amide bonds. The van der Waals surface area contributed by atoms with Gasteiger partial charge in [-0.05, 0) is 46.3 Å². The molecule has 1 aromatic rings. The second kappa shape index (κ2) is 7.05. The lowest BCUT2D eigenvalue weighted by Gasteiger charge is -2.32. The number of hydrogen-bond donors (Lipinski definition) is 1. The number of nitrogens with zero attached hydrogens (tertiary/aromatic N) is 1. The molecule has 130 valence electrons. The number of aromatic nitrogens is 1. The number of methoxy groups -OCH3 is 1. The van der Waals surface area contributed by atoms with E-state index in [1.54, 1.807) is 18.5 Å². The van der Waals surface area contributed by atoms with Gasteiger partial charge in [0.1, 0.15) is 0 Å². The van der Waals surface area contributed by atoms with Gasteiger partial charge in [0, 0.05) is 24.5 Å². The summed E-state index contributed by atoms with van der Waals surface area (Å²) < 4.78 is 17.1. The zero-order valence-corrected chi connectivity index (χ0v) is 15.2. The Hall–Kier alpha value is -1.70. The molecule has 1 aliphatic rings. The number of esters is 1. The maximum Gasteiger partial charge on any atom is 0.491 e. The molecule has 0 aliphatic carbocycles. The van der Waals surface area contributed by atoms with Crippen LogP contribution in [0.25, 0.3) is 6.08 Å². The zero-order chi connectivity index (χ0) is 18.0. The van der Waals surface area contributed by atoms with Crippen LogP contribution in [-0.4, -0.2) is 50.0 Å². The van der Waals surface area contributed by atoms with Crippen LogP contribution in [0, 0.1) is 0 Å². The van der Waals surface area contributed by atoms with Gasteiger partial charge in [-0.15, -0.1) is 0 Å². The third-order valence-electron chi connectivity index (χ3n) is 4.53. The van der Waals surface area contributed by atoms with Crippen LogP contribution < -0.4 is 5.32 Å². The van der Waals surface area contributed by atoms with E-state index in [2.05, 4.69) is 10.3 Å². The average Bonchev–Trinajstić information content (AvgIpc) is 2.74. The third-order valence-corrected chi connectivity index (χ3v) is 4.53. The highest BCUT2D eigenvalue weighted by molar-refractivity contribution is 6.56. The summed E-state index contributed by atoms with van der Waals surface area (Å²) >= 11 is 0. The minimum atomic E-state index is -0.492. The van der Waals surface area contributed by atoms with E-state index < -0.39 is 24.3 Å². The number of pyridine rings is 1. The molecule has 2 heterocycles. The molecule has 6 nitrogen and oxygen atoms in total. The minimum absolute atomic E-state index is 0.402. The molecule has 0 aromatic carbocycles. The van der Waals surface area contributed by atoms with E-state index in [-0.39, 0.29) is 0 Å². The lowest BCUT2D eigenvalue weighted by Crippen LogP contribution is -2.41. The standard InChI is InChI=1S/C17H25BN2O4/c1-16(2)17(3,4)24-18(23-16)13(11-19-5)9-12-10-20-8-7-14(12)15(21)22-6/h7-10,19H,11H2,1-6H3. The third kappa shape index (κ3) is 3.69. The molecule has 1 fully saturated rings. The van der Waals surface area contributed by atoms with Gasteiger partial charge in [-0.3, -0.25) is 4.98 Å². The molecule has 24 heavy (non-hydrogen) atoms. The van der Waals surface area contributed by atoms with Crippen molar-refractivity contribution >= 4 is 19.2 Å². The van der Waals surface area contributed by atoms with Crippen LogP contribution in [0.1, 0.15) is 43.6 Å². The normalized spacial score (nSPS) is 19.4. The zero-order valence-electron chi connectivity index (χ0n) is 15.2. The smallest absolute Gasteiger partial charge is 0.465 e. The predicted octanol–water partition coefficient (Wildman–Crippen LogP) is 2.10. The Balaban J connectivity index is 2.39. The highest BCUT2D eigenvalue weighted by Gasteiger charge is 2.52. The summed E-state index contributed by atoms with van der Waals surface area (Å²) in [5.74, 6) is -0.402. The summed E-state index contributed by atoms with van der Waals surface area (Å²) in [5, 5.41) is 3.12. The second-order valence-corrected chi connectivity index (χ2v) is 6.79. The van der Waals surface area contributed by atoms with Gasteiger partial charge in [-0.25, -0.2) is 4.79 Å². The Kier molecular flexibility index (Phi) is 5.47. The maximum absolute atomic E-state index is 11.9. The lowest BCUT2D eigenvalue weighted by atomic mass is 9.76. The van der Waals surface area contributed by atoms with Gasteiger partial charge in [-0.1, -0.05) is 6.08 Å². The number of carbonyl (C=O) groups excluding carboxylic acids is 1. The summed E-state index contributed by atoms with van der Waals surface area (Å²) in [6.45, 7) is 8.59. The first-order chi connectivity index (χ1) is 11.2. The molecular formula is C17H25BN2O4. The molecule has 7 heteroatoms. The SMILES string of the molecule is CNCC(=Cc1cnccc1C(=O)OC)B1OC(C)(C)C(C)(C)O1. The van der Waals surface area contributed by atoms with Crippen LogP contribution in [-0.2, 0) is 14.0 Å². The summed E-state index contributed by atoms with van der Waals surface area (Å²) in [6.07, 6.45) is 5.07. The summed E-state index contributed by atoms with van der Waals surface area (Å²) in [4.78, 5) is 16.0. The minimum Gasteiger partial charge on any atom is -0.465 e. The number of ether oxygens (including phenoxy) is 1. The molecule has 1 saturated heterocycles. The summed E-state index contributed by atoms with van der Waals surface area (Å²) in [6, 6.07) is 1.64. The van der Waals surface area contributed by atoms with Crippen molar-refractivity contribution < 1.29 is 18.8 Å². The Bertz CT molecular complexity index is 627. The van der Waals surface area contributed by atoms with Gasteiger partial charge in [0.2, 0.25) is 0 Å². The van der Waals surface area contributed by atoms with Crippen molar-refractivity contribution in [3.8, 4) is 0 Å². The largest absolute Gasteiger partial charge is 0.491 e. The van der Waals surface area contributed by atoms with Crippen molar-refractivity contribution in [1.29, 1.82) is 0 Å².